The first-order valence-corrected chi connectivity index (χ1v) is 12.7. The molecule has 1 aliphatic rings. The highest BCUT2D eigenvalue weighted by Gasteiger charge is 2.21. The summed E-state index contributed by atoms with van der Waals surface area (Å²) < 4.78 is 25.7. The summed E-state index contributed by atoms with van der Waals surface area (Å²) in [5.74, 6) is 0.145. The number of benzene rings is 2. The van der Waals surface area contributed by atoms with Crippen molar-refractivity contribution in [3.63, 3.8) is 0 Å². The van der Waals surface area contributed by atoms with Crippen LogP contribution in [0.3, 0.4) is 0 Å². The third kappa shape index (κ3) is 6.32. The van der Waals surface area contributed by atoms with Crippen LogP contribution in [0.15, 0.2) is 48.5 Å². The van der Waals surface area contributed by atoms with Gasteiger partial charge < -0.3 is 10.2 Å². The molecule has 0 aliphatic carbocycles. The van der Waals surface area contributed by atoms with Crippen LogP contribution in [0.2, 0.25) is 0 Å². The van der Waals surface area contributed by atoms with Crippen LogP contribution in [-0.2, 0) is 32.7 Å². The topological polar surface area (TPSA) is 86.8 Å². The maximum atomic E-state index is 12.5. The first-order valence-electron chi connectivity index (χ1n) is 10.8. The normalized spacial score (nSPS) is 14.1. The van der Waals surface area contributed by atoms with Crippen LogP contribution in [0.5, 0.6) is 0 Å². The second kappa shape index (κ2) is 10.2. The van der Waals surface area contributed by atoms with Gasteiger partial charge in [-0.1, -0.05) is 50.2 Å². The van der Waals surface area contributed by atoms with Gasteiger partial charge in [0.2, 0.25) is 21.8 Å². The maximum Gasteiger partial charge on any atom is 0.241 e. The predicted molar refractivity (Wildman–Crippen MR) is 126 cm³/mol. The van der Waals surface area contributed by atoms with E-state index in [-0.39, 0.29) is 18.4 Å². The highest BCUT2D eigenvalue weighted by Crippen LogP contribution is 2.22. The van der Waals surface area contributed by atoms with Gasteiger partial charge in [0.25, 0.3) is 0 Å². The first kappa shape index (κ1) is 23.8. The molecule has 7 nitrogen and oxygen atoms in total. The van der Waals surface area contributed by atoms with E-state index in [1.807, 2.05) is 41.3 Å². The molecule has 8 heteroatoms. The molecule has 1 heterocycles. The number of rotatable bonds is 9. The number of hydrogen-bond donors (Lipinski definition) is 1. The van der Waals surface area contributed by atoms with Crippen molar-refractivity contribution in [1.29, 1.82) is 0 Å². The Morgan fingerprint density at radius 2 is 1.69 bits per heavy atom. The fourth-order valence-electron chi connectivity index (χ4n) is 3.67. The minimum absolute atomic E-state index is 0.190. The van der Waals surface area contributed by atoms with Gasteiger partial charge in [0.05, 0.1) is 11.9 Å². The molecular formula is C24H31N3O4S. The molecular weight excluding hydrogens is 426 g/mol. The van der Waals surface area contributed by atoms with Gasteiger partial charge in [-0.15, -0.1) is 0 Å². The number of sulfonamides is 1. The molecule has 0 bridgehead atoms. The Hall–Kier alpha value is -2.87. The second-order valence-electron chi connectivity index (χ2n) is 8.53. The van der Waals surface area contributed by atoms with Crippen molar-refractivity contribution in [3.8, 4) is 0 Å². The minimum atomic E-state index is -3.61. The van der Waals surface area contributed by atoms with E-state index >= 15 is 0 Å². The number of nitrogens with one attached hydrogen (secondary N) is 1. The molecule has 1 saturated heterocycles. The van der Waals surface area contributed by atoms with Gasteiger partial charge in [-0.3, -0.25) is 13.9 Å². The third-order valence-electron chi connectivity index (χ3n) is 5.59. The van der Waals surface area contributed by atoms with Crippen molar-refractivity contribution in [2.24, 2.45) is 0 Å². The van der Waals surface area contributed by atoms with Crippen LogP contribution in [-0.4, -0.2) is 44.5 Å². The zero-order valence-electron chi connectivity index (χ0n) is 18.9. The molecule has 1 aliphatic heterocycles. The second-order valence-corrected chi connectivity index (χ2v) is 10.4. The number of amides is 2. The number of carbonyl (C=O) groups is 2. The molecule has 2 aromatic rings. The quantitative estimate of drug-likeness (QED) is 0.627. The van der Waals surface area contributed by atoms with E-state index in [9.17, 15) is 18.0 Å². The van der Waals surface area contributed by atoms with Crippen LogP contribution in [0.25, 0.3) is 0 Å². The Balaban J connectivity index is 1.57. The van der Waals surface area contributed by atoms with Gasteiger partial charge in [-0.25, -0.2) is 8.42 Å². The minimum Gasteiger partial charge on any atom is -0.350 e. The molecule has 2 aromatic carbocycles. The molecule has 0 atom stereocenters. The average molecular weight is 458 g/mol. The lowest BCUT2D eigenvalue weighted by molar-refractivity contribution is -0.128. The molecule has 0 unspecified atom stereocenters. The van der Waals surface area contributed by atoms with Crippen LogP contribution < -0.4 is 9.62 Å². The van der Waals surface area contributed by atoms with E-state index in [1.54, 1.807) is 12.1 Å². The molecule has 0 radical (unpaired) electrons. The Labute approximate surface area is 190 Å². The number of hydrogen-bond acceptors (Lipinski definition) is 4. The van der Waals surface area contributed by atoms with E-state index in [2.05, 4.69) is 19.2 Å². The Morgan fingerprint density at radius 1 is 1.06 bits per heavy atom. The largest absolute Gasteiger partial charge is 0.350 e. The average Bonchev–Trinajstić information content (AvgIpc) is 3.15. The van der Waals surface area contributed by atoms with Gasteiger partial charge in [-0.2, -0.15) is 0 Å². The fraction of sp³-hybridized carbons (Fsp3) is 0.417. The van der Waals surface area contributed by atoms with Crippen LogP contribution in [0, 0.1) is 0 Å². The van der Waals surface area contributed by atoms with Crippen molar-refractivity contribution in [3.05, 3.63) is 65.2 Å². The number of anilines is 1. The SMILES string of the molecule is CC(C)c1ccc(N(CC(=O)NCc2ccc(CN3CCCC3=O)cc2)S(C)(=O)=O)cc1. The molecule has 0 spiro atoms. The van der Waals surface area contributed by atoms with Crippen molar-refractivity contribution >= 4 is 27.5 Å². The summed E-state index contributed by atoms with van der Waals surface area (Å²) in [5, 5.41) is 2.79. The van der Waals surface area contributed by atoms with Crippen molar-refractivity contribution in [1.82, 2.24) is 10.2 Å². The van der Waals surface area contributed by atoms with Crippen molar-refractivity contribution in [2.45, 2.75) is 45.7 Å². The molecule has 0 aromatic heterocycles. The van der Waals surface area contributed by atoms with Crippen LogP contribution >= 0.6 is 0 Å². The molecule has 32 heavy (non-hydrogen) atoms. The zero-order chi connectivity index (χ0) is 23.3. The van der Waals surface area contributed by atoms with E-state index in [1.165, 1.54) is 0 Å². The molecule has 172 valence electrons. The smallest absolute Gasteiger partial charge is 0.241 e. The van der Waals surface area contributed by atoms with E-state index in [4.69, 9.17) is 0 Å². The van der Waals surface area contributed by atoms with Gasteiger partial charge in [0.15, 0.2) is 0 Å². The van der Waals surface area contributed by atoms with Gasteiger partial charge in [0, 0.05) is 26.1 Å². The van der Waals surface area contributed by atoms with Crippen LogP contribution in [0.1, 0.15) is 49.3 Å². The van der Waals surface area contributed by atoms with Crippen molar-refractivity contribution < 1.29 is 18.0 Å². The van der Waals surface area contributed by atoms with E-state index < -0.39 is 10.0 Å². The summed E-state index contributed by atoms with van der Waals surface area (Å²) in [6.45, 7) is 5.54. The number of nitrogens with zero attached hydrogens (tertiary/aromatic N) is 2. The highest BCUT2D eigenvalue weighted by molar-refractivity contribution is 7.92. The molecule has 1 fully saturated rings. The Bertz CT molecular complexity index is 1050. The summed E-state index contributed by atoms with van der Waals surface area (Å²) in [7, 11) is -3.61. The number of likely N-dealkylation sites (tertiary alicyclic amines) is 1. The lowest BCUT2D eigenvalue weighted by Crippen LogP contribution is -2.40. The zero-order valence-corrected chi connectivity index (χ0v) is 19.7. The van der Waals surface area contributed by atoms with Gasteiger partial charge in [-0.05, 0) is 41.2 Å². The van der Waals surface area contributed by atoms with Gasteiger partial charge >= 0.3 is 0 Å². The third-order valence-corrected chi connectivity index (χ3v) is 6.73. The fourth-order valence-corrected chi connectivity index (χ4v) is 4.52. The highest BCUT2D eigenvalue weighted by atomic mass is 32.2. The number of carbonyl (C=O) groups excluding carboxylic acids is 2. The Morgan fingerprint density at radius 3 is 2.22 bits per heavy atom. The predicted octanol–water partition coefficient (Wildman–Crippen LogP) is 3.01. The molecule has 3 rings (SSSR count). The lowest BCUT2D eigenvalue weighted by Gasteiger charge is -2.22. The monoisotopic (exact) mass is 457 g/mol. The van der Waals surface area contributed by atoms with Crippen molar-refractivity contribution in [2.75, 3.05) is 23.7 Å². The summed E-state index contributed by atoms with van der Waals surface area (Å²) >= 11 is 0. The summed E-state index contributed by atoms with van der Waals surface area (Å²) in [5.41, 5.74) is 3.52. The molecule has 1 N–H and O–H groups in total. The van der Waals surface area contributed by atoms with Gasteiger partial charge in [0.1, 0.15) is 6.54 Å². The van der Waals surface area contributed by atoms with E-state index in [0.29, 0.717) is 31.1 Å². The Kier molecular flexibility index (Phi) is 7.56. The van der Waals surface area contributed by atoms with Crippen LogP contribution in [0.4, 0.5) is 5.69 Å². The lowest BCUT2D eigenvalue weighted by atomic mass is 10.0. The molecule has 2 amide bonds. The summed E-state index contributed by atoms with van der Waals surface area (Å²) in [6.07, 6.45) is 2.63. The standard InChI is InChI=1S/C24H31N3O4S/c1-18(2)21-10-12-22(13-11-21)27(32(3,30)31)17-23(28)25-15-19-6-8-20(9-7-19)16-26-14-4-5-24(26)29/h6-13,18H,4-5,14-17H2,1-3H3,(H,25,28). The van der Waals surface area contributed by atoms with E-state index in [0.717, 1.165) is 40.2 Å². The maximum absolute atomic E-state index is 12.5. The first-order chi connectivity index (χ1) is 15.1. The summed E-state index contributed by atoms with van der Waals surface area (Å²) in [6, 6.07) is 14.9. The molecule has 0 saturated carbocycles. The summed E-state index contributed by atoms with van der Waals surface area (Å²) in [4.78, 5) is 26.1.